The van der Waals surface area contributed by atoms with Crippen LogP contribution in [-0.2, 0) is 5.41 Å². The van der Waals surface area contributed by atoms with Gasteiger partial charge in [0.1, 0.15) is 11.5 Å². The monoisotopic (exact) mass is 248 g/mol. The molecule has 18 heavy (non-hydrogen) atoms. The first-order valence-electron chi connectivity index (χ1n) is 6.97. The maximum Gasteiger partial charge on any atom is 0.127 e. The van der Waals surface area contributed by atoms with Gasteiger partial charge in [-0.05, 0) is 42.7 Å². The molecule has 2 nitrogen and oxygen atoms in total. The van der Waals surface area contributed by atoms with Crippen LogP contribution in [0.1, 0.15) is 58.4 Å². The summed E-state index contributed by atoms with van der Waals surface area (Å²) in [6, 6.07) is 5.48. The molecule has 0 amide bonds. The molecule has 1 aliphatic carbocycles. The van der Waals surface area contributed by atoms with Crippen molar-refractivity contribution in [2.45, 2.75) is 64.4 Å². The molecule has 0 radical (unpaired) electrons. The Morgan fingerprint density at radius 1 is 1.11 bits per heavy atom. The van der Waals surface area contributed by atoms with E-state index in [1.807, 2.05) is 6.07 Å². The zero-order valence-electron chi connectivity index (χ0n) is 11.7. The Morgan fingerprint density at radius 3 is 2.39 bits per heavy atom. The van der Waals surface area contributed by atoms with Crippen LogP contribution in [0.25, 0.3) is 0 Å². The lowest BCUT2D eigenvalue weighted by Gasteiger charge is -2.28. The van der Waals surface area contributed by atoms with E-state index in [9.17, 15) is 5.11 Å². The average molecular weight is 248 g/mol. The smallest absolute Gasteiger partial charge is 0.127 e. The van der Waals surface area contributed by atoms with Gasteiger partial charge in [-0.1, -0.05) is 33.3 Å². The largest absolute Gasteiger partial charge is 0.508 e. The van der Waals surface area contributed by atoms with E-state index in [2.05, 4.69) is 20.8 Å². The molecule has 0 heterocycles. The number of rotatable bonds is 2. The summed E-state index contributed by atoms with van der Waals surface area (Å²) in [5, 5.41) is 9.65. The van der Waals surface area contributed by atoms with E-state index in [4.69, 9.17) is 4.74 Å². The summed E-state index contributed by atoms with van der Waals surface area (Å²) in [6.45, 7) is 6.52. The van der Waals surface area contributed by atoms with E-state index in [0.29, 0.717) is 6.10 Å². The van der Waals surface area contributed by atoms with E-state index in [1.165, 1.54) is 24.8 Å². The summed E-state index contributed by atoms with van der Waals surface area (Å²) >= 11 is 0. The van der Waals surface area contributed by atoms with Gasteiger partial charge in [-0.3, -0.25) is 0 Å². The number of ether oxygens (including phenoxy) is 1. The minimum absolute atomic E-state index is 0.0394. The number of hydrogen-bond donors (Lipinski definition) is 1. The molecule has 0 bridgehead atoms. The maximum absolute atomic E-state index is 9.65. The highest BCUT2D eigenvalue weighted by Gasteiger charge is 2.22. The standard InChI is InChI=1S/C16H24O2/c1-16(2,3)14-10-9-12(17)11-15(14)18-13-7-5-4-6-8-13/h9-11,13,17H,4-8H2,1-3H3. The van der Waals surface area contributed by atoms with E-state index < -0.39 is 0 Å². The minimum Gasteiger partial charge on any atom is -0.508 e. The lowest BCUT2D eigenvalue weighted by atomic mass is 9.86. The second-order valence-electron chi connectivity index (χ2n) is 6.31. The molecule has 1 aliphatic rings. The molecule has 0 atom stereocenters. The van der Waals surface area contributed by atoms with Gasteiger partial charge in [0.15, 0.2) is 0 Å². The molecule has 1 saturated carbocycles. The van der Waals surface area contributed by atoms with Crippen molar-refractivity contribution in [3.05, 3.63) is 23.8 Å². The second kappa shape index (κ2) is 5.21. The van der Waals surface area contributed by atoms with Crippen molar-refractivity contribution >= 4 is 0 Å². The van der Waals surface area contributed by atoms with E-state index in [0.717, 1.165) is 18.6 Å². The molecule has 0 saturated heterocycles. The van der Waals surface area contributed by atoms with Gasteiger partial charge in [0.05, 0.1) is 6.10 Å². The molecule has 0 aliphatic heterocycles. The third kappa shape index (κ3) is 3.18. The highest BCUT2D eigenvalue weighted by Crippen LogP contribution is 2.35. The van der Waals surface area contributed by atoms with Crippen molar-refractivity contribution < 1.29 is 9.84 Å². The molecule has 0 aromatic heterocycles. The molecule has 1 N–H and O–H groups in total. The van der Waals surface area contributed by atoms with Crippen LogP contribution in [0.2, 0.25) is 0 Å². The first-order valence-corrected chi connectivity index (χ1v) is 6.97. The average Bonchev–Trinajstić information content (AvgIpc) is 2.28. The van der Waals surface area contributed by atoms with Crippen LogP contribution in [0.15, 0.2) is 18.2 Å². The topological polar surface area (TPSA) is 29.5 Å². The zero-order chi connectivity index (χ0) is 13.2. The van der Waals surface area contributed by atoms with Gasteiger partial charge >= 0.3 is 0 Å². The fourth-order valence-corrected chi connectivity index (χ4v) is 2.59. The van der Waals surface area contributed by atoms with Gasteiger partial charge in [0, 0.05) is 6.07 Å². The Balaban J connectivity index is 2.21. The summed E-state index contributed by atoms with van der Waals surface area (Å²) in [5.41, 5.74) is 1.21. The van der Waals surface area contributed by atoms with Gasteiger partial charge in [0.2, 0.25) is 0 Å². The lowest BCUT2D eigenvalue weighted by molar-refractivity contribution is 0.151. The Kier molecular flexibility index (Phi) is 3.84. The number of aromatic hydroxyl groups is 1. The molecular weight excluding hydrogens is 224 g/mol. The first-order chi connectivity index (χ1) is 8.47. The molecule has 0 spiro atoms. The lowest BCUT2D eigenvalue weighted by Crippen LogP contribution is -2.22. The van der Waals surface area contributed by atoms with Crippen molar-refractivity contribution in [1.82, 2.24) is 0 Å². The van der Waals surface area contributed by atoms with Crippen LogP contribution >= 0.6 is 0 Å². The maximum atomic E-state index is 9.65. The van der Waals surface area contributed by atoms with Crippen molar-refractivity contribution in [3.63, 3.8) is 0 Å². The molecule has 0 unspecified atom stereocenters. The van der Waals surface area contributed by atoms with Gasteiger partial charge in [-0.15, -0.1) is 0 Å². The van der Waals surface area contributed by atoms with Crippen LogP contribution in [-0.4, -0.2) is 11.2 Å². The van der Waals surface area contributed by atoms with E-state index in [1.54, 1.807) is 12.1 Å². The third-order valence-corrected chi connectivity index (χ3v) is 3.62. The van der Waals surface area contributed by atoms with Crippen molar-refractivity contribution in [1.29, 1.82) is 0 Å². The molecular formula is C16H24O2. The minimum atomic E-state index is 0.0394. The van der Waals surface area contributed by atoms with Crippen LogP contribution in [0, 0.1) is 0 Å². The van der Waals surface area contributed by atoms with Crippen molar-refractivity contribution in [2.75, 3.05) is 0 Å². The number of phenolic OH excluding ortho intramolecular Hbond substituents is 1. The van der Waals surface area contributed by atoms with Crippen LogP contribution in [0.4, 0.5) is 0 Å². The van der Waals surface area contributed by atoms with E-state index >= 15 is 0 Å². The Hall–Kier alpha value is -1.18. The van der Waals surface area contributed by atoms with E-state index in [-0.39, 0.29) is 11.2 Å². The number of benzene rings is 1. The fraction of sp³-hybridized carbons (Fsp3) is 0.625. The first kappa shape index (κ1) is 13.3. The predicted molar refractivity (Wildman–Crippen MR) is 74.3 cm³/mol. The molecule has 1 aromatic carbocycles. The number of hydrogen-bond acceptors (Lipinski definition) is 2. The number of phenols is 1. The molecule has 2 heteroatoms. The Morgan fingerprint density at radius 2 is 1.78 bits per heavy atom. The Labute approximate surface area is 110 Å². The molecule has 1 aromatic rings. The van der Waals surface area contributed by atoms with Crippen LogP contribution in [0.3, 0.4) is 0 Å². The molecule has 2 rings (SSSR count). The summed E-state index contributed by atoms with van der Waals surface area (Å²) in [5.74, 6) is 1.14. The Bertz CT molecular complexity index is 398. The van der Waals surface area contributed by atoms with Gasteiger partial charge in [-0.25, -0.2) is 0 Å². The van der Waals surface area contributed by atoms with Crippen LogP contribution < -0.4 is 4.74 Å². The summed E-state index contributed by atoms with van der Waals surface area (Å²) < 4.78 is 6.13. The van der Waals surface area contributed by atoms with Crippen LogP contribution in [0.5, 0.6) is 11.5 Å². The zero-order valence-corrected chi connectivity index (χ0v) is 11.7. The normalized spacial score (nSPS) is 17.7. The summed E-state index contributed by atoms with van der Waals surface area (Å²) in [4.78, 5) is 0. The molecule has 1 fully saturated rings. The van der Waals surface area contributed by atoms with Gasteiger partial charge in [-0.2, -0.15) is 0 Å². The van der Waals surface area contributed by atoms with Gasteiger partial charge < -0.3 is 9.84 Å². The van der Waals surface area contributed by atoms with Gasteiger partial charge in [0.25, 0.3) is 0 Å². The van der Waals surface area contributed by atoms with Crippen molar-refractivity contribution in [3.8, 4) is 11.5 Å². The fourth-order valence-electron chi connectivity index (χ4n) is 2.59. The van der Waals surface area contributed by atoms with Crippen molar-refractivity contribution in [2.24, 2.45) is 0 Å². The third-order valence-electron chi connectivity index (χ3n) is 3.62. The summed E-state index contributed by atoms with van der Waals surface area (Å²) in [6.07, 6.45) is 6.44. The predicted octanol–water partition coefficient (Wildman–Crippen LogP) is 4.40. The highest BCUT2D eigenvalue weighted by atomic mass is 16.5. The quantitative estimate of drug-likeness (QED) is 0.840. The highest BCUT2D eigenvalue weighted by molar-refractivity contribution is 5.43. The SMILES string of the molecule is CC(C)(C)c1ccc(O)cc1OC1CCCCC1. The second-order valence-corrected chi connectivity index (χ2v) is 6.31. The summed E-state index contributed by atoms with van der Waals surface area (Å²) in [7, 11) is 0. The molecule has 100 valence electrons.